The Morgan fingerprint density at radius 1 is 1.25 bits per heavy atom. The smallest absolute Gasteiger partial charge is 0.256 e. The molecule has 0 aliphatic carbocycles. The molecule has 0 fully saturated rings. The Morgan fingerprint density at radius 3 is 2.60 bits per heavy atom. The molecule has 1 N–H and O–H groups in total. The second kappa shape index (κ2) is 6.12. The molecule has 0 spiro atoms. The fourth-order valence-corrected chi connectivity index (χ4v) is 2.75. The lowest BCUT2D eigenvalue weighted by Crippen LogP contribution is -2.14. The van der Waals surface area contributed by atoms with Gasteiger partial charge in [0.25, 0.3) is 5.91 Å². The predicted octanol–water partition coefficient (Wildman–Crippen LogP) is 5.46. The summed E-state index contributed by atoms with van der Waals surface area (Å²) < 4.78 is 13.5. The highest BCUT2D eigenvalue weighted by Crippen LogP contribution is 2.32. The highest BCUT2D eigenvalue weighted by atomic mass is 79.9. The maximum atomic E-state index is 13.1. The third kappa shape index (κ3) is 3.32. The summed E-state index contributed by atoms with van der Waals surface area (Å²) in [6, 6.07) is 7.38. The molecule has 2 nitrogen and oxygen atoms in total. The fraction of sp³-hybridized carbons (Fsp3) is 0.0714. The minimum absolute atomic E-state index is 0.116. The van der Waals surface area contributed by atoms with Crippen LogP contribution in [0.5, 0.6) is 0 Å². The van der Waals surface area contributed by atoms with Crippen molar-refractivity contribution >= 4 is 50.7 Å². The van der Waals surface area contributed by atoms with Crippen molar-refractivity contribution in [3.63, 3.8) is 0 Å². The molecular formula is C14H9BrCl2FNO. The van der Waals surface area contributed by atoms with E-state index < -0.39 is 5.82 Å². The van der Waals surface area contributed by atoms with Gasteiger partial charge in [0.1, 0.15) is 5.82 Å². The second-order valence-electron chi connectivity index (χ2n) is 4.16. The Hall–Kier alpha value is -1.10. The first-order valence-electron chi connectivity index (χ1n) is 5.60. The summed E-state index contributed by atoms with van der Waals surface area (Å²) in [6.07, 6.45) is 0. The van der Waals surface area contributed by atoms with Gasteiger partial charge in [0.15, 0.2) is 0 Å². The van der Waals surface area contributed by atoms with Crippen molar-refractivity contribution in [2.75, 3.05) is 5.32 Å². The van der Waals surface area contributed by atoms with Gasteiger partial charge in [-0.15, -0.1) is 0 Å². The van der Waals surface area contributed by atoms with Crippen molar-refractivity contribution < 1.29 is 9.18 Å². The quantitative estimate of drug-likeness (QED) is 0.741. The third-order valence-corrected chi connectivity index (χ3v) is 3.85. The van der Waals surface area contributed by atoms with E-state index >= 15 is 0 Å². The fourth-order valence-electron chi connectivity index (χ4n) is 1.68. The van der Waals surface area contributed by atoms with Gasteiger partial charge in [-0.05, 0) is 52.7 Å². The zero-order chi connectivity index (χ0) is 14.9. The molecular weight excluding hydrogens is 368 g/mol. The molecule has 0 saturated carbocycles. The van der Waals surface area contributed by atoms with Gasteiger partial charge >= 0.3 is 0 Å². The summed E-state index contributed by atoms with van der Waals surface area (Å²) in [4.78, 5) is 12.2. The van der Waals surface area contributed by atoms with Crippen LogP contribution in [-0.2, 0) is 0 Å². The average molecular weight is 377 g/mol. The monoisotopic (exact) mass is 375 g/mol. The molecule has 0 bridgehead atoms. The molecule has 0 aliphatic rings. The standard InChI is InChI=1S/C14H9BrCl2FNO/c1-7-2-3-8(16)4-10(7)14(20)19-13-11(15)5-9(18)6-12(13)17/h2-6H,1H3,(H,19,20). The van der Waals surface area contributed by atoms with Gasteiger partial charge in [-0.3, -0.25) is 4.79 Å². The molecule has 0 radical (unpaired) electrons. The van der Waals surface area contributed by atoms with E-state index in [-0.39, 0.29) is 10.9 Å². The predicted molar refractivity (Wildman–Crippen MR) is 83.3 cm³/mol. The molecule has 0 atom stereocenters. The van der Waals surface area contributed by atoms with Crippen LogP contribution in [-0.4, -0.2) is 5.91 Å². The Bertz CT molecular complexity index is 668. The Kier molecular flexibility index (Phi) is 4.68. The number of carbonyl (C=O) groups excluding carboxylic acids is 1. The number of carbonyl (C=O) groups is 1. The molecule has 0 aromatic heterocycles. The average Bonchev–Trinajstić information content (AvgIpc) is 2.36. The number of benzene rings is 2. The van der Waals surface area contributed by atoms with E-state index in [1.54, 1.807) is 25.1 Å². The normalized spacial score (nSPS) is 10.4. The molecule has 0 aliphatic heterocycles. The zero-order valence-corrected chi connectivity index (χ0v) is 13.4. The van der Waals surface area contributed by atoms with Crippen LogP contribution < -0.4 is 5.32 Å². The number of hydrogen-bond donors (Lipinski definition) is 1. The molecule has 20 heavy (non-hydrogen) atoms. The molecule has 6 heteroatoms. The van der Waals surface area contributed by atoms with E-state index in [0.29, 0.717) is 20.7 Å². The third-order valence-electron chi connectivity index (χ3n) is 2.69. The molecule has 2 aromatic rings. The first-order chi connectivity index (χ1) is 9.38. The number of nitrogens with one attached hydrogen (secondary N) is 1. The number of rotatable bonds is 2. The summed E-state index contributed by atoms with van der Waals surface area (Å²) in [7, 11) is 0. The van der Waals surface area contributed by atoms with E-state index in [0.717, 1.165) is 11.6 Å². The van der Waals surface area contributed by atoms with Crippen molar-refractivity contribution in [3.8, 4) is 0 Å². The van der Waals surface area contributed by atoms with Crippen molar-refractivity contribution in [2.24, 2.45) is 0 Å². The van der Waals surface area contributed by atoms with Gasteiger partial charge in [-0.2, -0.15) is 0 Å². The van der Waals surface area contributed by atoms with Crippen molar-refractivity contribution in [1.82, 2.24) is 0 Å². The summed E-state index contributed by atoms with van der Waals surface area (Å²) in [5.74, 6) is -0.849. The van der Waals surface area contributed by atoms with Gasteiger partial charge in [0.05, 0.1) is 10.7 Å². The van der Waals surface area contributed by atoms with Crippen molar-refractivity contribution in [2.45, 2.75) is 6.92 Å². The zero-order valence-electron chi connectivity index (χ0n) is 10.3. The van der Waals surface area contributed by atoms with Crippen LogP contribution in [0.1, 0.15) is 15.9 Å². The minimum Gasteiger partial charge on any atom is -0.320 e. The van der Waals surface area contributed by atoms with Crippen molar-refractivity contribution in [3.05, 3.63) is 61.8 Å². The SMILES string of the molecule is Cc1ccc(Cl)cc1C(=O)Nc1c(Cl)cc(F)cc1Br. The Morgan fingerprint density at radius 2 is 1.95 bits per heavy atom. The molecule has 1 amide bonds. The van der Waals surface area contributed by atoms with Crippen LogP contribution >= 0.6 is 39.1 Å². The topological polar surface area (TPSA) is 29.1 Å². The first kappa shape index (κ1) is 15.3. The number of anilines is 1. The van der Waals surface area contributed by atoms with E-state index in [9.17, 15) is 9.18 Å². The van der Waals surface area contributed by atoms with E-state index in [2.05, 4.69) is 21.2 Å². The Balaban J connectivity index is 2.35. The van der Waals surface area contributed by atoms with Gasteiger partial charge in [0, 0.05) is 15.1 Å². The van der Waals surface area contributed by atoms with Crippen LogP contribution in [0, 0.1) is 12.7 Å². The highest BCUT2D eigenvalue weighted by molar-refractivity contribution is 9.10. The molecule has 0 saturated heterocycles. The minimum atomic E-state index is -0.487. The van der Waals surface area contributed by atoms with Crippen LogP contribution in [0.4, 0.5) is 10.1 Å². The van der Waals surface area contributed by atoms with Gasteiger partial charge in [0.2, 0.25) is 0 Å². The number of amides is 1. The van der Waals surface area contributed by atoms with E-state index in [1.165, 1.54) is 6.07 Å². The largest absolute Gasteiger partial charge is 0.320 e. The van der Waals surface area contributed by atoms with Gasteiger partial charge < -0.3 is 5.32 Å². The van der Waals surface area contributed by atoms with Crippen LogP contribution in [0.2, 0.25) is 10.0 Å². The summed E-state index contributed by atoms with van der Waals surface area (Å²) in [6.45, 7) is 1.80. The lowest BCUT2D eigenvalue weighted by atomic mass is 10.1. The number of hydrogen-bond acceptors (Lipinski definition) is 1. The van der Waals surface area contributed by atoms with E-state index in [1.807, 2.05) is 0 Å². The summed E-state index contributed by atoms with van der Waals surface area (Å²) in [5, 5.41) is 3.23. The Labute approximate surface area is 134 Å². The molecule has 104 valence electrons. The van der Waals surface area contributed by atoms with Gasteiger partial charge in [-0.1, -0.05) is 29.3 Å². The van der Waals surface area contributed by atoms with Gasteiger partial charge in [-0.25, -0.2) is 4.39 Å². The lowest BCUT2D eigenvalue weighted by molar-refractivity contribution is 0.102. The first-order valence-corrected chi connectivity index (χ1v) is 7.15. The lowest BCUT2D eigenvalue weighted by Gasteiger charge is -2.11. The van der Waals surface area contributed by atoms with Crippen molar-refractivity contribution in [1.29, 1.82) is 0 Å². The molecule has 2 aromatic carbocycles. The molecule has 2 rings (SSSR count). The highest BCUT2D eigenvalue weighted by Gasteiger charge is 2.14. The van der Waals surface area contributed by atoms with Crippen LogP contribution in [0.3, 0.4) is 0 Å². The molecule has 0 heterocycles. The summed E-state index contributed by atoms with van der Waals surface area (Å²) >= 11 is 15.0. The second-order valence-corrected chi connectivity index (χ2v) is 5.86. The van der Waals surface area contributed by atoms with Crippen LogP contribution in [0.15, 0.2) is 34.8 Å². The summed E-state index contributed by atoms with van der Waals surface area (Å²) in [5.41, 5.74) is 1.53. The molecule has 0 unspecified atom stereocenters. The number of halogens is 4. The maximum Gasteiger partial charge on any atom is 0.256 e. The van der Waals surface area contributed by atoms with Crippen LogP contribution in [0.25, 0.3) is 0 Å². The van der Waals surface area contributed by atoms with E-state index in [4.69, 9.17) is 23.2 Å². The maximum absolute atomic E-state index is 13.1. The number of aryl methyl sites for hydroxylation is 1.